The van der Waals surface area contributed by atoms with Gasteiger partial charge in [0.2, 0.25) is 0 Å². The van der Waals surface area contributed by atoms with Gasteiger partial charge in [-0.3, -0.25) is 4.79 Å². The van der Waals surface area contributed by atoms with E-state index in [1.54, 1.807) is 6.08 Å². The zero-order valence-corrected chi connectivity index (χ0v) is 8.25. The first-order valence-electron chi connectivity index (χ1n) is 4.29. The molecule has 1 N–H and O–H groups in total. The summed E-state index contributed by atoms with van der Waals surface area (Å²) in [6, 6.07) is 0. The molecule has 0 bridgehead atoms. The van der Waals surface area contributed by atoms with Gasteiger partial charge in [0.1, 0.15) is 0 Å². The fourth-order valence-corrected chi connectivity index (χ4v) is 1.63. The second-order valence-corrected chi connectivity index (χ2v) is 3.89. The number of rotatable bonds is 5. The summed E-state index contributed by atoms with van der Waals surface area (Å²) in [7, 11) is 0. The second-order valence-electron chi connectivity index (χ2n) is 2.91. The number of carbonyl (C=O) groups excluding carboxylic acids is 1. The summed E-state index contributed by atoms with van der Waals surface area (Å²) in [4.78, 5) is 10.8. The van der Waals surface area contributed by atoms with Crippen molar-refractivity contribution in [2.45, 2.75) is 19.3 Å². The lowest BCUT2D eigenvalue weighted by Gasteiger charge is -2.04. The summed E-state index contributed by atoms with van der Waals surface area (Å²) >= 11 is 1.86. The molecule has 0 aromatic rings. The van der Waals surface area contributed by atoms with Crippen LogP contribution in [0, 0.1) is 0 Å². The van der Waals surface area contributed by atoms with Gasteiger partial charge >= 0.3 is 0 Å². The third kappa shape index (κ3) is 3.30. The maximum atomic E-state index is 10.8. The van der Waals surface area contributed by atoms with E-state index in [0.29, 0.717) is 6.42 Å². The molecule has 0 heterocycles. The molecule has 0 saturated heterocycles. The van der Waals surface area contributed by atoms with Gasteiger partial charge in [-0.15, -0.1) is 0 Å². The fourth-order valence-electron chi connectivity index (χ4n) is 1.20. The second kappa shape index (κ2) is 5.25. The predicted molar refractivity (Wildman–Crippen MR) is 53.3 cm³/mol. The molecule has 0 atom stereocenters. The van der Waals surface area contributed by atoms with Crippen LogP contribution in [0.25, 0.3) is 0 Å². The third-order valence-corrected chi connectivity index (χ3v) is 2.55. The molecule has 1 rings (SSSR count). The van der Waals surface area contributed by atoms with Crippen LogP contribution in [0.2, 0.25) is 0 Å². The minimum absolute atomic E-state index is 0.266. The number of carbonyl (C=O) groups is 1. The summed E-state index contributed by atoms with van der Waals surface area (Å²) in [5.74, 6) is 1.45. The van der Waals surface area contributed by atoms with Crippen molar-refractivity contribution < 1.29 is 4.79 Å². The molecule has 0 spiro atoms. The van der Waals surface area contributed by atoms with Gasteiger partial charge < -0.3 is 5.32 Å². The maximum Gasteiger partial charge on any atom is 0.157 e. The van der Waals surface area contributed by atoms with E-state index in [1.807, 2.05) is 11.8 Å². The molecule has 0 amide bonds. The fraction of sp³-hybridized carbons (Fsp3) is 0.667. The molecule has 3 heteroatoms. The van der Waals surface area contributed by atoms with E-state index in [-0.39, 0.29) is 5.78 Å². The topological polar surface area (TPSA) is 29.1 Å². The SMILES string of the molecule is CSCCCNC1=CC(=O)CC1. The Morgan fingerprint density at radius 1 is 1.58 bits per heavy atom. The zero-order valence-electron chi connectivity index (χ0n) is 7.43. The lowest BCUT2D eigenvalue weighted by Crippen LogP contribution is -2.13. The molecule has 0 saturated carbocycles. The molecular formula is C9H15NOS. The van der Waals surface area contributed by atoms with Crippen molar-refractivity contribution in [1.82, 2.24) is 5.32 Å². The van der Waals surface area contributed by atoms with Crippen molar-refractivity contribution in [2.24, 2.45) is 0 Å². The van der Waals surface area contributed by atoms with Crippen LogP contribution < -0.4 is 5.32 Å². The summed E-state index contributed by atoms with van der Waals surface area (Å²) < 4.78 is 0. The van der Waals surface area contributed by atoms with Crippen LogP contribution in [0.1, 0.15) is 19.3 Å². The molecule has 0 aromatic heterocycles. The quantitative estimate of drug-likeness (QED) is 0.659. The summed E-state index contributed by atoms with van der Waals surface area (Å²) in [6.45, 7) is 1.000. The number of hydrogen-bond donors (Lipinski definition) is 1. The average Bonchev–Trinajstić information content (AvgIpc) is 2.45. The highest BCUT2D eigenvalue weighted by atomic mass is 32.2. The number of hydrogen-bond acceptors (Lipinski definition) is 3. The van der Waals surface area contributed by atoms with Crippen LogP contribution >= 0.6 is 11.8 Å². The monoisotopic (exact) mass is 185 g/mol. The van der Waals surface area contributed by atoms with Crippen LogP contribution in [-0.2, 0) is 4.79 Å². The van der Waals surface area contributed by atoms with E-state index in [0.717, 1.165) is 18.7 Å². The molecule has 1 aliphatic carbocycles. The van der Waals surface area contributed by atoms with Crippen molar-refractivity contribution in [3.05, 3.63) is 11.8 Å². The number of allylic oxidation sites excluding steroid dienone is 2. The number of thioether (sulfide) groups is 1. The minimum atomic E-state index is 0.266. The van der Waals surface area contributed by atoms with E-state index in [2.05, 4.69) is 11.6 Å². The lowest BCUT2D eigenvalue weighted by atomic mass is 10.3. The Kier molecular flexibility index (Phi) is 4.22. The van der Waals surface area contributed by atoms with Gasteiger partial charge in [-0.2, -0.15) is 11.8 Å². The van der Waals surface area contributed by atoms with Gasteiger partial charge in [0, 0.05) is 24.7 Å². The zero-order chi connectivity index (χ0) is 8.81. The third-order valence-electron chi connectivity index (χ3n) is 1.85. The molecular weight excluding hydrogens is 170 g/mol. The lowest BCUT2D eigenvalue weighted by molar-refractivity contribution is -0.114. The van der Waals surface area contributed by atoms with E-state index in [9.17, 15) is 4.79 Å². The average molecular weight is 185 g/mol. The first-order chi connectivity index (χ1) is 5.83. The normalized spacial score (nSPS) is 16.4. The van der Waals surface area contributed by atoms with E-state index in [1.165, 1.54) is 12.2 Å². The molecule has 1 aliphatic rings. The Bertz CT molecular complexity index is 189. The van der Waals surface area contributed by atoms with Crippen LogP contribution in [0.15, 0.2) is 11.8 Å². The smallest absolute Gasteiger partial charge is 0.157 e. The molecule has 0 fully saturated rings. The summed E-state index contributed by atoms with van der Waals surface area (Å²) in [6.07, 6.45) is 6.63. The maximum absolute atomic E-state index is 10.8. The number of nitrogens with one attached hydrogen (secondary N) is 1. The van der Waals surface area contributed by atoms with Crippen molar-refractivity contribution in [3.8, 4) is 0 Å². The molecule has 0 aromatic carbocycles. The van der Waals surface area contributed by atoms with Gasteiger partial charge in [-0.25, -0.2) is 0 Å². The largest absolute Gasteiger partial charge is 0.388 e. The van der Waals surface area contributed by atoms with Crippen molar-refractivity contribution in [1.29, 1.82) is 0 Å². The summed E-state index contributed by atoms with van der Waals surface area (Å²) in [5, 5.41) is 3.27. The van der Waals surface area contributed by atoms with Gasteiger partial charge in [0.25, 0.3) is 0 Å². The Morgan fingerprint density at radius 3 is 3.00 bits per heavy atom. The molecule has 0 unspecified atom stereocenters. The highest BCUT2D eigenvalue weighted by Crippen LogP contribution is 2.11. The van der Waals surface area contributed by atoms with E-state index in [4.69, 9.17) is 0 Å². The molecule has 0 radical (unpaired) electrons. The standard InChI is InChI=1S/C9H15NOS/c1-12-6-2-5-10-8-3-4-9(11)7-8/h7,10H,2-6H2,1H3. The van der Waals surface area contributed by atoms with Crippen LogP contribution in [-0.4, -0.2) is 24.3 Å². The minimum Gasteiger partial charge on any atom is -0.388 e. The predicted octanol–water partition coefficient (Wildman–Crippen LogP) is 1.58. The van der Waals surface area contributed by atoms with Crippen LogP contribution in [0.3, 0.4) is 0 Å². The van der Waals surface area contributed by atoms with Gasteiger partial charge in [0.15, 0.2) is 5.78 Å². The van der Waals surface area contributed by atoms with Gasteiger partial charge in [-0.05, 0) is 24.9 Å². The molecule has 68 valence electrons. The van der Waals surface area contributed by atoms with Gasteiger partial charge in [-0.1, -0.05) is 0 Å². The highest BCUT2D eigenvalue weighted by Gasteiger charge is 2.10. The first-order valence-corrected chi connectivity index (χ1v) is 5.68. The Labute approximate surface area is 77.8 Å². The van der Waals surface area contributed by atoms with E-state index < -0.39 is 0 Å². The Morgan fingerprint density at radius 2 is 2.42 bits per heavy atom. The van der Waals surface area contributed by atoms with Crippen LogP contribution in [0.4, 0.5) is 0 Å². The number of ketones is 1. The first kappa shape index (κ1) is 9.65. The van der Waals surface area contributed by atoms with Crippen LogP contribution in [0.5, 0.6) is 0 Å². The molecule has 0 aliphatic heterocycles. The van der Waals surface area contributed by atoms with Crippen molar-refractivity contribution >= 4 is 17.5 Å². The van der Waals surface area contributed by atoms with Crippen molar-refractivity contribution in [3.63, 3.8) is 0 Å². The summed E-state index contributed by atoms with van der Waals surface area (Å²) in [5.41, 5.74) is 1.13. The Hall–Kier alpha value is -0.440. The molecule has 2 nitrogen and oxygen atoms in total. The van der Waals surface area contributed by atoms with Gasteiger partial charge in [0.05, 0.1) is 0 Å². The molecule has 12 heavy (non-hydrogen) atoms. The Balaban J connectivity index is 2.07. The highest BCUT2D eigenvalue weighted by molar-refractivity contribution is 7.98. The van der Waals surface area contributed by atoms with E-state index >= 15 is 0 Å². The van der Waals surface area contributed by atoms with Crippen molar-refractivity contribution in [2.75, 3.05) is 18.6 Å².